The lowest BCUT2D eigenvalue weighted by atomic mass is 10.0. The third-order valence-corrected chi connectivity index (χ3v) is 7.51. The summed E-state index contributed by atoms with van der Waals surface area (Å²) in [6, 6.07) is 17.5. The highest BCUT2D eigenvalue weighted by Gasteiger charge is 2.24. The van der Waals surface area contributed by atoms with E-state index >= 15 is 0 Å². The van der Waals surface area contributed by atoms with Crippen LogP contribution in [0.5, 0.6) is 0 Å². The molecule has 2 aromatic heterocycles. The van der Waals surface area contributed by atoms with Gasteiger partial charge in [0.2, 0.25) is 0 Å². The van der Waals surface area contributed by atoms with Gasteiger partial charge in [0.05, 0.1) is 13.8 Å². The maximum Gasteiger partial charge on any atom is 0.144 e. The van der Waals surface area contributed by atoms with Crippen LogP contribution in [0.4, 0.5) is 0 Å². The van der Waals surface area contributed by atoms with Gasteiger partial charge in [-0.3, -0.25) is 4.98 Å². The lowest BCUT2D eigenvalue weighted by Crippen LogP contribution is -2.37. The molecule has 130 valence electrons. The number of hydrogen-bond acceptors (Lipinski definition) is 2. The summed E-state index contributed by atoms with van der Waals surface area (Å²) in [6.07, 6.45) is 4.54. The van der Waals surface area contributed by atoms with E-state index in [0.29, 0.717) is 0 Å². The fourth-order valence-electron chi connectivity index (χ4n) is 3.73. The Balaban J connectivity index is 1.73. The van der Waals surface area contributed by atoms with Crippen LogP contribution in [0.3, 0.4) is 0 Å². The zero-order valence-corrected chi connectivity index (χ0v) is 16.5. The van der Waals surface area contributed by atoms with Crippen molar-refractivity contribution in [2.45, 2.75) is 38.4 Å². The average molecular weight is 358 g/mol. The van der Waals surface area contributed by atoms with Gasteiger partial charge in [0.1, 0.15) is 11.2 Å². The maximum absolute atomic E-state index is 6.30. The predicted octanol–water partition coefficient (Wildman–Crippen LogP) is 6.07. The van der Waals surface area contributed by atoms with Crippen molar-refractivity contribution < 1.29 is 4.42 Å². The minimum absolute atomic E-state index is 0.728. The van der Waals surface area contributed by atoms with Gasteiger partial charge in [0.15, 0.2) is 0 Å². The summed E-state index contributed by atoms with van der Waals surface area (Å²) >= 11 is 0. The van der Waals surface area contributed by atoms with Gasteiger partial charge in [-0.15, -0.1) is 0 Å². The Labute approximate surface area is 154 Å². The van der Waals surface area contributed by atoms with Gasteiger partial charge in [-0.05, 0) is 48.6 Å². The van der Waals surface area contributed by atoms with Crippen molar-refractivity contribution in [2.75, 3.05) is 0 Å². The normalized spacial score (nSPS) is 15.0. The van der Waals surface area contributed by atoms with Gasteiger partial charge >= 0.3 is 0 Å². The van der Waals surface area contributed by atoms with Crippen LogP contribution >= 0.6 is 0 Å². The van der Waals surface area contributed by atoms with Crippen LogP contribution in [0, 0.1) is 0 Å². The summed E-state index contributed by atoms with van der Waals surface area (Å²) in [5.74, 6) is 0.728. The molecule has 5 rings (SSSR count). The molecular formula is C23H23NOSi. The highest BCUT2D eigenvalue weighted by Crippen LogP contribution is 2.41. The standard InChI is InChI=1S/C23H23NOSi/c1-26(2,3)17-9-10-22-20(14-17)18-5-4-6-19(23(18)25-22)21-13-16(11-12-24-21)15-7-8-15/h4-6,9-15H,7-8H2,1-3H3. The molecule has 0 unspecified atom stereocenters. The number of aromatic nitrogens is 1. The van der Waals surface area contributed by atoms with Crippen molar-refractivity contribution in [3.8, 4) is 11.3 Å². The molecule has 1 aliphatic carbocycles. The third-order valence-electron chi connectivity index (χ3n) is 5.47. The Morgan fingerprint density at radius 1 is 0.962 bits per heavy atom. The summed E-state index contributed by atoms with van der Waals surface area (Å²) in [5.41, 5.74) is 5.44. The van der Waals surface area contributed by atoms with E-state index in [1.54, 1.807) is 0 Å². The van der Waals surface area contributed by atoms with Gasteiger partial charge < -0.3 is 4.42 Å². The minimum atomic E-state index is -1.36. The Bertz CT molecular complexity index is 1130. The fraction of sp³-hybridized carbons (Fsp3) is 0.261. The largest absolute Gasteiger partial charge is 0.455 e. The Morgan fingerprint density at radius 2 is 1.81 bits per heavy atom. The minimum Gasteiger partial charge on any atom is -0.455 e. The lowest BCUT2D eigenvalue weighted by molar-refractivity contribution is 0.670. The molecule has 3 heteroatoms. The van der Waals surface area contributed by atoms with Crippen LogP contribution in [-0.4, -0.2) is 13.1 Å². The van der Waals surface area contributed by atoms with Gasteiger partial charge in [-0.1, -0.05) is 49.1 Å². The first-order chi connectivity index (χ1) is 12.5. The summed E-state index contributed by atoms with van der Waals surface area (Å²) < 4.78 is 6.30. The molecule has 2 nitrogen and oxygen atoms in total. The van der Waals surface area contributed by atoms with E-state index in [-0.39, 0.29) is 0 Å². The highest BCUT2D eigenvalue weighted by molar-refractivity contribution is 6.88. The van der Waals surface area contributed by atoms with Gasteiger partial charge in [0, 0.05) is 22.5 Å². The second-order valence-electron chi connectivity index (χ2n) is 8.49. The molecule has 0 radical (unpaired) electrons. The van der Waals surface area contributed by atoms with Crippen LogP contribution in [0.2, 0.25) is 19.6 Å². The molecule has 4 aromatic rings. The molecule has 2 heterocycles. The van der Waals surface area contributed by atoms with Crippen molar-refractivity contribution in [3.05, 3.63) is 60.3 Å². The first kappa shape index (κ1) is 15.8. The molecule has 0 saturated heterocycles. The van der Waals surface area contributed by atoms with Crippen LogP contribution in [0.25, 0.3) is 33.2 Å². The first-order valence-electron chi connectivity index (χ1n) is 9.43. The fourth-order valence-corrected chi connectivity index (χ4v) is 4.89. The predicted molar refractivity (Wildman–Crippen MR) is 112 cm³/mol. The zero-order valence-electron chi connectivity index (χ0n) is 15.5. The smallest absolute Gasteiger partial charge is 0.144 e. The molecule has 1 aliphatic rings. The van der Waals surface area contributed by atoms with E-state index in [1.807, 2.05) is 6.20 Å². The molecule has 0 spiro atoms. The summed E-state index contributed by atoms with van der Waals surface area (Å²) in [6.45, 7) is 7.15. The van der Waals surface area contributed by atoms with Crippen LogP contribution in [0.15, 0.2) is 59.1 Å². The summed E-state index contributed by atoms with van der Waals surface area (Å²) in [7, 11) is -1.36. The Morgan fingerprint density at radius 3 is 2.58 bits per heavy atom. The molecule has 0 amide bonds. The van der Waals surface area contributed by atoms with Gasteiger partial charge in [0.25, 0.3) is 0 Å². The number of hydrogen-bond donors (Lipinski definition) is 0. The maximum atomic E-state index is 6.30. The molecule has 2 aromatic carbocycles. The monoisotopic (exact) mass is 357 g/mol. The zero-order chi connectivity index (χ0) is 17.9. The van der Waals surface area contributed by atoms with E-state index < -0.39 is 8.07 Å². The average Bonchev–Trinajstić information content (AvgIpc) is 3.41. The van der Waals surface area contributed by atoms with Crippen molar-refractivity contribution in [2.24, 2.45) is 0 Å². The number of furan rings is 1. The van der Waals surface area contributed by atoms with Crippen LogP contribution < -0.4 is 5.19 Å². The second kappa shape index (κ2) is 5.55. The van der Waals surface area contributed by atoms with E-state index in [0.717, 1.165) is 28.3 Å². The Hall–Kier alpha value is -2.39. The van der Waals surface area contributed by atoms with Crippen LogP contribution in [0.1, 0.15) is 24.3 Å². The van der Waals surface area contributed by atoms with Gasteiger partial charge in [-0.2, -0.15) is 0 Å². The highest BCUT2D eigenvalue weighted by atomic mass is 28.3. The number of nitrogens with zero attached hydrogens (tertiary/aromatic N) is 1. The van der Waals surface area contributed by atoms with E-state index in [1.165, 1.54) is 34.4 Å². The number of rotatable bonds is 3. The van der Waals surface area contributed by atoms with Crippen molar-refractivity contribution in [3.63, 3.8) is 0 Å². The van der Waals surface area contributed by atoms with Crippen molar-refractivity contribution in [1.29, 1.82) is 0 Å². The molecule has 0 bridgehead atoms. The lowest BCUT2D eigenvalue weighted by Gasteiger charge is -2.16. The van der Waals surface area contributed by atoms with E-state index in [4.69, 9.17) is 4.42 Å². The quantitative estimate of drug-likeness (QED) is 0.416. The number of para-hydroxylation sites is 1. The molecule has 0 atom stereocenters. The molecule has 0 N–H and O–H groups in total. The molecule has 1 saturated carbocycles. The first-order valence-corrected chi connectivity index (χ1v) is 12.9. The van der Waals surface area contributed by atoms with E-state index in [2.05, 4.69) is 73.2 Å². The van der Waals surface area contributed by atoms with Crippen molar-refractivity contribution >= 4 is 35.2 Å². The molecular weight excluding hydrogens is 334 g/mol. The molecule has 26 heavy (non-hydrogen) atoms. The third kappa shape index (κ3) is 2.58. The summed E-state index contributed by atoms with van der Waals surface area (Å²) in [5, 5.41) is 3.88. The number of benzene rings is 2. The van der Waals surface area contributed by atoms with Crippen molar-refractivity contribution in [1.82, 2.24) is 4.98 Å². The van der Waals surface area contributed by atoms with Crippen LogP contribution in [-0.2, 0) is 0 Å². The SMILES string of the molecule is C[Si](C)(C)c1ccc2oc3c(-c4cc(C5CC5)ccn4)cccc3c2c1. The number of pyridine rings is 1. The second-order valence-corrected chi connectivity index (χ2v) is 13.6. The molecule has 1 fully saturated rings. The number of fused-ring (bicyclic) bond motifs is 3. The molecule has 0 aliphatic heterocycles. The van der Waals surface area contributed by atoms with E-state index in [9.17, 15) is 0 Å². The van der Waals surface area contributed by atoms with Gasteiger partial charge in [-0.25, -0.2) is 0 Å². The Kier molecular flexibility index (Phi) is 3.38. The topological polar surface area (TPSA) is 26.0 Å². The summed E-state index contributed by atoms with van der Waals surface area (Å²) in [4.78, 5) is 4.64.